The van der Waals surface area contributed by atoms with E-state index in [1.807, 2.05) is 111 Å². The molecule has 0 spiro atoms. The predicted molar refractivity (Wildman–Crippen MR) is 125 cm³/mol. The first-order chi connectivity index (χ1) is 14.5. The Bertz CT molecular complexity index is 1010. The van der Waals surface area contributed by atoms with Crippen LogP contribution in [0.4, 0.5) is 22.7 Å². The van der Waals surface area contributed by atoms with E-state index in [1.54, 1.807) is 0 Å². The van der Waals surface area contributed by atoms with Crippen LogP contribution < -0.4 is 10.1 Å². The fourth-order valence-electron chi connectivity index (χ4n) is 3.24. The molecule has 0 aliphatic heterocycles. The molecule has 0 aliphatic carbocycles. The summed E-state index contributed by atoms with van der Waals surface area (Å²) in [6, 6.07) is 29.9. The highest BCUT2D eigenvalue weighted by atomic mass is 16.5. The molecule has 0 atom stereocenters. The van der Waals surface area contributed by atoms with Gasteiger partial charge in [0.05, 0.1) is 0 Å². The van der Waals surface area contributed by atoms with Crippen LogP contribution in [0.25, 0.3) is 11.1 Å². The largest absolute Gasteiger partial charge is 0.754 e. The van der Waals surface area contributed by atoms with Crippen LogP contribution in [0.2, 0.25) is 0 Å². The summed E-state index contributed by atoms with van der Waals surface area (Å²) >= 11 is 0. The molecule has 0 saturated heterocycles. The van der Waals surface area contributed by atoms with Crippen molar-refractivity contribution in [1.82, 2.24) is 0 Å². The van der Waals surface area contributed by atoms with Crippen LogP contribution in [0, 0.1) is 24.3 Å². The number of hydrogen-bond acceptors (Lipinski definition) is 4. The summed E-state index contributed by atoms with van der Waals surface area (Å²) in [6.45, 7) is 3.98. The van der Waals surface area contributed by atoms with Crippen LogP contribution >= 0.6 is 0 Å². The lowest BCUT2D eigenvalue weighted by Gasteiger charge is -2.31. The minimum atomic E-state index is 0.573. The number of rotatable bonds is 5. The van der Waals surface area contributed by atoms with Gasteiger partial charge in [-0.25, -0.2) is 0 Å². The zero-order chi connectivity index (χ0) is 21.1. The fourth-order valence-corrected chi connectivity index (χ4v) is 3.24. The molecule has 0 bridgehead atoms. The van der Waals surface area contributed by atoms with Gasteiger partial charge in [0, 0.05) is 22.7 Å². The van der Waals surface area contributed by atoms with Crippen LogP contribution in [-0.2, 0) is 0 Å². The highest BCUT2D eigenvalue weighted by Gasteiger charge is 2.03. The molecule has 4 heteroatoms. The summed E-state index contributed by atoms with van der Waals surface area (Å²) in [5.74, 6) is 0. The Morgan fingerprint density at radius 1 is 0.400 bits per heavy atom. The monoisotopic (exact) mass is 394 g/mol. The molecule has 0 amide bonds. The Labute approximate surface area is 176 Å². The molecular formula is C26H22N2O2-2. The van der Waals surface area contributed by atoms with E-state index in [2.05, 4.69) is 0 Å². The maximum atomic E-state index is 12.6. The van der Waals surface area contributed by atoms with Crippen molar-refractivity contribution in [3.8, 4) is 11.1 Å². The Morgan fingerprint density at radius 2 is 0.633 bits per heavy atom. The van der Waals surface area contributed by atoms with E-state index in [4.69, 9.17) is 0 Å². The van der Waals surface area contributed by atoms with Gasteiger partial charge >= 0.3 is 0 Å². The number of hydrogen-bond donors (Lipinski definition) is 0. The summed E-state index contributed by atoms with van der Waals surface area (Å²) in [5.41, 5.74) is 6.54. The molecule has 0 aliphatic rings. The first-order valence-corrected chi connectivity index (χ1v) is 9.80. The fraction of sp³-hybridized carbons (Fsp3) is 0.0769. The number of aryl methyl sites for hydroxylation is 2. The molecule has 4 rings (SSSR count). The number of benzene rings is 4. The van der Waals surface area contributed by atoms with Gasteiger partial charge in [0.2, 0.25) is 0 Å². The Morgan fingerprint density at radius 3 is 0.900 bits per heavy atom. The number of nitrogens with zero attached hydrogens (tertiary/aromatic N) is 2. The van der Waals surface area contributed by atoms with E-state index in [0.29, 0.717) is 22.7 Å². The van der Waals surface area contributed by atoms with E-state index >= 15 is 0 Å². The summed E-state index contributed by atoms with van der Waals surface area (Å²) in [4.78, 5) is 0. The van der Waals surface area contributed by atoms with Crippen LogP contribution in [0.3, 0.4) is 0 Å². The molecule has 30 heavy (non-hydrogen) atoms. The Hall–Kier alpha value is -3.60. The molecule has 0 aromatic heterocycles. The molecule has 150 valence electrons. The van der Waals surface area contributed by atoms with Crippen molar-refractivity contribution in [2.45, 2.75) is 13.8 Å². The van der Waals surface area contributed by atoms with E-state index in [9.17, 15) is 10.4 Å². The minimum absolute atomic E-state index is 0.573. The van der Waals surface area contributed by atoms with Gasteiger partial charge in [-0.3, -0.25) is 0 Å². The van der Waals surface area contributed by atoms with E-state index in [0.717, 1.165) is 32.4 Å². The molecule has 0 fully saturated rings. The molecule has 0 heterocycles. The quantitative estimate of drug-likeness (QED) is 0.335. The first kappa shape index (κ1) is 19.7. The van der Waals surface area contributed by atoms with Gasteiger partial charge < -0.3 is 20.5 Å². The van der Waals surface area contributed by atoms with Crippen molar-refractivity contribution in [1.29, 1.82) is 0 Å². The minimum Gasteiger partial charge on any atom is -0.754 e. The summed E-state index contributed by atoms with van der Waals surface area (Å²) in [6.07, 6.45) is 0. The smallest absolute Gasteiger partial charge is 0.0303 e. The standard InChI is InChI=1S/C26H22N2O2/c1-19-3-11-23(12-4-19)27(29)25-15-7-21(8-16-25)22-9-17-26(18-10-22)28(30)24-13-5-20(2)6-14-24/h3-18H,1-2H3/q-2. The predicted octanol–water partition coefficient (Wildman–Crippen LogP) is 7.24. The first-order valence-electron chi connectivity index (χ1n) is 9.80. The SMILES string of the molecule is Cc1ccc(N([O-])c2ccc(-c3ccc(N([O-])c4ccc(C)cc4)cc3)cc2)cc1. The molecule has 4 aromatic carbocycles. The normalized spacial score (nSPS) is 10.7. The lowest BCUT2D eigenvalue weighted by molar-refractivity contribution is 1.28. The van der Waals surface area contributed by atoms with Gasteiger partial charge in [0.15, 0.2) is 0 Å². The van der Waals surface area contributed by atoms with Gasteiger partial charge in [-0.2, -0.15) is 0 Å². The maximum Gasteiger partial charge on any atom is 0.0303 e. The van der Waals surface area contributed by atoms with Crippen LogP contribution in [-0.4, -0.2) is 0 Å². The summed E-state index contributed by atoms with van der Waals surface area (Å²) < 4.78 is 0. The van der Waals surface area contributed by atoms with Gasteiger partial charge in [0.25, 0.3) is 0 Å². The van der Waals surface area contributed by atoms with E-state index < -0.39 is 0 Å². The maximum absolute atomic E-state index is 12.6. The van der Waals surface area contributed by atoms with Crippen LogP contribution in [0.5, 0.6) is 0 Å². The highest BCUT2D eigenvalue weighted by Crippen LogP contribution is 2.30. The van der Waals surface area contributed by atoms with Crippen molar-refractivity contribution < 1.29 is 0 Å². The molecule has 4 aromatic rings. The molecule has 0 radical (unpaired) electrons. The van der Waals surface area contributed by atoms with Gasteiger partial charge in [-0.05, 0) is 73.5 Å². The van der Waals surface area contributed by atoms with Crippen molar-refractivity contribution in [3.63, 3.8) is 0 Å². The zero-order valence-electron chi connectivity index (χ0n) is 16.9. The topological polar surface area (TPSA) is 52.6 Å². The molecule has 4 nitrogen and oxygen atoms in total. The molecule has 0 unspecified atom stereocenters. The summed E-state index contributed by atoms with van der Waals surface area (Å²) in [5, 5.41) is 27.0. The van der Waals surface area contributed by atoms with E-state index in [-0.39, 0.29) is 0 Å². The van der Waals surface area contributed by atoms with Crippen molar-refractivity contribution in [3.05, 3.63) is 119 Å². The second-order valence-corrected chi connectivity index (χ2v) is 7.35. The summed E-state index contributed by atoms with van der Waals surface area (Å²) in [7, 11) is 0. The molecular weight excluding hydrogens is 372 g/mol. The average molecular weight is 394 g/mol. The third-order valence-corrected chi connectivity index (χ3v) is 5.07. The van der Waals surface area contributed by atoms with Crippen LogP contribution in [0.1, 0.15) is 11.1 Å². The van der Waals surface area contributed by atoms with E-state index in [1.165, 1.54) is 0 Å². The van der Waals surface area contributed by atoms with Crippen molar-refractivity contribution in [2.24, 2.45) is 0 Å². The average Bonchev–Trinajstić information content (AvgIpc) is 2.79. The van der Waals surface area contributed by atoms with Crippen LogP contribution in [0.15, 0.2) is 97.1 Å². The third-order valence-electron chi connectivity index (χ3n) is 5.07. The lowest BCUT2D eigenvalue weighted by Crippen LogP contribution is -2.06. The van der Waals surface area contributed by atoms with Crippen molar-refractivity contribution >= 4 is 22.7 Å². The van der Waals surface area contributed by atoms with Crippen molar-refractivity contribution in [2.75, 3.05) is 10.1 Å². The molecule has 0 saturated carbocycles. The Balaban J connectivity index is 1.50. The lowest BCUT2D eigenvalue weighted by atomic mass is 10.0. The molecule has 0 N–H and O–H groups in total. The van der Waals surface area contributed by atoms with Gasteiger partial charge in [0.1, 0.15) is 0 Å². The second-order valence-electron chi connectivity index (χ2n) is 7.35. The Kier molecular flexibility index (Phi) is 5.53. The third kappa shape index (κ3) is 4.20. The highest BCUT2D eigenvalue weighted by molar-refractivity contribution is 5.73. The second kappa shape index (κ2) is 8.41. The zero-order valence-corrected chi connectivity index (χ0v) is 16.9. The van der Waals surface area contributed by atoms with Gasteiger partial charge in [-0.1, -0.05) is 59.7 Å². The number of anilines is 4. The van der Waals surface area contributed by atoms with Gasteiger partial charge in [-0.15, -0.1) is 0 Å².